The van der Waals surface area contributed by atoms with Crippen LogP contribution in [-0.4, -0.2) is 25.0 Å². The first-order valence-electron chi connectivity index (χ1n) is 4.78. The van der Waals surface area contributed by atoms with Gasteiger partial charge in [-0.3, -0.25) is 4.99 Å². The minimum absolute atomic E-state index is 0.334. The van der Waals surface area contributed by atoms with Crippen LogP contribution in [0.25, 0.3) is 0 Å². The van der Waals surface area contributed by atoms with Crippen molar-refractivity contribution in [1.82, 2.24) is 0 Å². The van der Waals surface area contributed by atoms with Gasteiger partial charge in [0.25, 0.3) is 0 Å². The maximum Gasteiger partial charge on any atom is 0.466 e. The van der Waals surface area contributed by atoms with Gasteiger partial charge in [-0.15, -0.1) is 11.3 Å². The van der Waals surface area contributed by atoms with E-state index in [1.54, 1.807) is 12.1 Å². The molecular formula is C10H10F3N2S+. The highest BCUT2D eigenvalue weighted by molar-refractivity contribution is 7.12. The second-order valence-corrected chi connectivity index (χ2v) is 4.28. The van der Waals surface area contributed by atoms with Gasteiger partial charge in [-0.05, 0) is 11.4 Å². The van der Waals surface area contributed by atoms with Gasteiger partial charge < -0.3 is 5.32 Å². The Labute approximate surface area is 94.5 Å². The fourth-order valence-electron chi connectivity index (χ4n) is 1.43. The Morgan fingerprint density at radius 1 is 1.38 bits per heavy atom. The predicted octanol–water partition coefficient (Wildman–Crippen LogP) is 1.56. The maximum atomic E-state index is 12.6. The molecule has 0 radical (unpaired) electrons. The Morgan fingerprint density at radius 3 is 2.81 bits per heavy atom. The number of alkyl halides is 3. The molecule has 2 heterocycles. The van der Waals surface area contributed by atoms with Gasteiger partial charge in [0.1, 0.15) is 6.54 Å². The second kappa shape index (κ2) is 4.39. The summed E-state index contributed by atoms with van der Waals surface area (Å²) in [5, 5.41) is 3.03. The molecule has 2 rings (SSSR count). The molecular weight excluding hydrogens is 237 g/mol. The Bertz CT molecular complexity index is 418. The Balaban J connectivity index is 2.34. The van der Waals surface area contributed by atoms with E-state index in [0.29, 0.717) is 18.8 Å². The van der Waals surface area contributed by atoms with Crippen LogP contribution in [0.4, 0.5) is 13.2 Å². The first-order chi connectivity index (χ1) is 7.57. The van der Waals surface area contributed by atoms with Crippen LogP contribution in [0.2, 0.25) is 0 Å². The van der Waals surface area contributed by atoms with Crippen molar-refractivity contribution < 1.29 is 18.5 Å². The molecule has 2 N–H and O–H groups in total. The third-order valence-electron chi connectivity index (χ3n) is 2.17. The predicted molar refractivity (Wildman–Crippen MR) is 56.7 cm³/mol. The summed E-state index contributed by atoms with van der Waals surface area (Å²) in [7, 11) is 0. The highest BCUT2D eigenvalue weighted by Gasteiger charge is 2.38. The van der Waals surface area contributed by atoms with Gasteiger partial charge in [-0.1, -0.05) is 6.07 Å². The second-order valence-electron chi connectivity index (χ2n) is 3.33. The maximum absolute atomic E-state index is 12.6. The molecule has 1 aliphatic heterocycles. The molecule has 0 spiro atoms. The molecule has 0 amide bonds. The molecule has 0 bridgehead atoms. The number of rotatable bonds is 1. The number of hydrogen-bond acceptors (Lipinski definition) is 2. The van der Waals surface area contributed by atoms with E-state index in [-0.39, 0.29) is 0 Å². The van der Waals surface area contributed by atoms with Gasteiger partial charge in [0, 0.05) is 6.08 Å². The van der Waals surface area contributed by atoms with E-state index in [2.05, 4.69) is 4.99 Å². The highest BCUT2D eigenvalue weighted by Crippen LogP contribution is 2.22. The number of nitrogens with zero attached hydrogens (tertiary/aromatic N) is 1. The van der Waals surface area contributed by atoms with Gasteiger partial charge in [0.15, 0.2) is 0 Å². The highest BCUT2D eigenvalue weighted by atomic mass is 32.1. The minimum atomic E-state index is -4.29. The topological polar surface area (TPSA) is 29.0 Å². The van der Waals surface area contributed by atoms with E-state index in [1.165, 1.54) is 16.7 Å². The van der Waals surface area contributed by atoms with Gasteiger partial charge in [0.2, 0.25) is 5.70 Å². The van der Waals surface area contributed by atoms with Crippen LogP contribution in [-0.2, 0) is 0 Å². The van der Waals surface area contributed by atoms with Crippen molar-refractivity contribution in [1.29, 1.82) is 0 Å². The zero-order chi connectivity index (χ0) is 11.6. The number of nitrogens with two attached hydrogens (primary N) is 1. The number of aliphatic imine (C=N–C) groups is 1. The Hall–Kier alpha value is -1.14. The average Bonchev–Trinajstić information content (AvgIpc) is 2.60. The Kier molecular flexibility index (Phi) is 3.11. The number of halogens is 3. The molecule has 0 unspecified atom stereocenters. The van der Waals surface area contributed by atoms with E-state index in [0.717, 1.165) is 11.0 Å². The van der Waals surface area contributed by atoms with Crippen LogP contribution in [0, 0.1) is 0 Å². The summed E-state index contributed by atoms with van der Waals surface area (Å²) in [6, 6.07) is 3.58. The number of hydrogen-bond donors (Lipinski definition) is 1. The zero-order valence-corrected chi connectivity index (χ0v) is 9.11. The lowest BCUT2D eigenvalue weighted by Crippen LogP contribution is -2.85. The summed E-state index contributed by atoms with van der Waals surface area (Å²) in [4.78, 5) is 4.92. The van der Waals surface area contributed by atoms with E-state index in [4.69, 9.17) is 0 Å². The van der Waals surface area contributed by atoms with Crippen molar-refractivity contribution >= 4 is 17.0 Å². The standard InChI is InChI=1S/C10H9F3N2S/c11-10(12,13)9-6-7(14-3-4-15-9)8-2-1-5-16-8/h1-2,5-6,15H,3-4H2/p+1. The van der Waals surface area contributed by atoms with Gasteiger partial charge in [-0.2, -0.15) is 13.2 Å². The van der Waals surface area contributed by atoms with E-state index in [1.807, 2.05) is 5.38 Å². The summed E-state index contributed by atoms with van der Waals surface area (Å²) in [5.74, 6) is 0. The quantitative estimate of drug-likeness (QED) is 0.780. The molecule has 0 fully saturated rings. The molecule has 1 aromatic heterocycles. The molecule has 6 heteroatoms. The van der Waals surface area contributed by atoms with Crippen LogP contribution in [0.3, 0.4) is 0 Å². The molecule has 0 aromatic carbocycles. The van der Waals surface area contributed by atoms with Crippen molar-refractivity contribution in [3.8, 4) is 0 Å². The third kappa shape index (κ3) is 2.51. The van der Waals surface area contributed by atoms with E-state index in [9.17, 15) is 13.2 Å². The Morgan fingerprint density at radius 2 is 2.19 bits per heavy atom. The largest absolute Gasteiger partial charge is 0.466 e. The smallest absolute Gasteiger partial charge is 0.308 e. The third-order valence-corrected chi connectivity index (χ3v) is 3.06. The summed E-state index contributed by atoms with van der Waals surface area (Å²) < 4.78 is 37.8. The minimum Gasteiger partial charge on any atom is -0.308 e. The molecule has 0 saturated carbocycles. The lowest BCUT2D eigenvalue weighted by Gasteiger charge is -2.06. The number of quaternary nitrogens is 1. The monoisotopic (exact) mass is 247 g/mol. The van der Waals surface area contributed by atoms with Crippen LogP contribution in [0.1, 0.15) is 4.88 Å². The molecule has 86 valence electrons. The summed E-state index contributed by atoms with van der Waals surface area (Å²) >= 11 is 1.39. The van der Waals surface area contributed by atoms with Crippen LogP contribution < -0.4 is 5.32 Å². The SMILES string of the molecule is FC(F)(F)C1=CC(c2cccs2)=NCC[NH2+]1. The normalized spacial score (nSPS) is 17.7. The van der Waals surface area contributed by atoms with Crippen LogP contribution >= 0.6 is 11.3 Å². The van der Waals surface area contributed by atoms with E-state index < -0.39 is 11.9 Å². The van der Waals surface area contributed by atoms with Gasteiger partial charge in [-0.25, -0.2) is 0 Å². The first kappa shape index (κ1) is 11.3. The van der Waals surface area contributed by atoms with Gasteiger partial charge in [0.05, 0.1) is 17.1 Å². The van der Waals surface area contributed by atoms with Crippen molar-refractivity contribution in [2.24, 2.45) is 4.99 Å². The van der Waals surface area contributed by atoms with Crippen molar-refractivity contribution in [2.45, 2.75) is 6.18 Å². The van der Waals surface area contributed by atoms with E-state index >= 15 is 0 Å². The summed E-state index contributed by atoms with van der Waals surface area (Å²) in [6.45, 7) is 0.740. The molecule has 0 atom stereocenters. The van der Waals surface area contributed by atoms with Crippen LogP contribution in [0.15, 0.2) is 34.3 Å². The molecule has 1 aliphatic rings. The van der Waals surface area contributed by atoms with Crippen molar-refractivity contribution in [2.75, 3.05) is 13.1 Å². The fourth-order valence-corrected chi connectivity index (χ4v) is 2.13. The van der Waals surface area contributed by atoms with Crippen LogP contribution in [0.5, 0.6) is 0 Å². The van der Waals surface area contributed by atoms with Crippen molar-refractivity contribution in [3.63, 3.8) is 0 Å². The number of allylic oxidation sites excluding steroid dienone is 2. The fraction of sp³-hybridized carbons (Fsp3) is 0.300. The lowest BCUT2D eigenvalue weighted by molar-refractivity contribution is -0.622. The van der Waals surface area contributed by atoms with Gasteiger partial charge >= 0.3 is 6.18 Å². The molecule has 16 heavy (non-hydrogen) atoms. The summed E-state index contributed by atoms with van der Waals surface area (Å²) in [5.41, 5.74) is -0.173. The molecule has 0 aliphatic carbocycles. The number of thiophene rings is 1. The summed E-state index contributed by atoms with van der Waals surface area (Å²) in [6.07, 6.45) is -3.17. The molecule has 0 saturated heterocycles. The average molecular weight is 247 g/mol. The molecule has 1 aromatic rings. The lowest BCUT2D eigenvalue weighted by atomic mass is 10.2. The molecule has 2 nitrogen and oxygen atoms in total. The first-order valence-corrected chi connectivity index (χ1v) is 5.66. The zero-order valence-electron chi connectivity index (χ0n) is 8.29. The van der Waals surface area contributed by atoms with Crippen molar-refractivity contribution in [3.05, 3.63) is 34.2 Å².